The Bertz CT molecular complexity index is 424. The first-order valence-electron chi connectivity index (χ1n) is 6.65. The molecule has 0 bridgehead atoms. The Labute approximate surface area is 119 Å². The van der Waals surface area contributed by atoms with E-state index in [2.05, 4.69) is 10.3 Å². The van der Waals surface area contributed by atoms with Crippen LogP contribution in [0.15, 0.2) is 12.3 Å². The summed E-state index contributed by atoms with van der Waals surface area (Å²) in [4.78, 5) is 15.4. The van der Waals surface area contributed by atoms with Crippen LogP contribution < -0.4 is 14.8 Å². The highest BCUT2D eigenvalue weighted by Crippen LogP contribution is 2.28. The predicted octanol–water partition coefficient (Wildman–Crippen LogP) is 1.53. The molecule has 0 aliphatic carbocycles. The molecule has 1 aromatic rings. The van der Waals surface area contributed by atoms with Crippen LogP contribution in [0, 0.1) is 0 Å². The van der Waals surface area contributed by atoms with Crippen LogP contribution in [-0.4, -0.2) is 38.3 Å². The molecule has 0 aliphatic rings. The number of rotatable bonds is 9. The number of nitrogens with zero attached hydrogens (tertiary/aromatic N) is 1. The molecule has 1 rings (SSSR count). The normalized spacial score (nSPS) is 10.2. The SMILES string of the molecule is CCOC(=O)CCCNCc1nccc(OC)c1OC. The summed E-state index contributed by atoms with van der Waals surface area (Å²) in [5.41, 5.74) is 0.781. The van der Waals surface area contributed by atoms with Crippen molar-refractivity contribution in [2.75, 3.05) is 27.4 Å². The van der Waals surface area contributed by atoms with Crippen molar-refractivity contribution in [3.8, 4) is 11.5 Å². The first-order valence-corrected chi connectivity index (χ1v) is 6.65. The van der Waals surface area contributed by atoms with Crippen molar-refractivity contribution in [2.45, 2.75) is 26.3 Å². The number of pyridine rings is 1. The van der Waals surface area contributed by atoms with Gasteiger partial charge in [0.05, 0.1) is 26.5 Å². The summed E-state index contributed by atoms with van der Waals surface area (Å²) in [6, 6.07) is 1.75. The molecule has 1 heterocycles. The number of nitrogens with one attached hydrogen (secondary N) is 1. The zero-order valence-corrected chi connectivity index (χ0v) is 12.3. The van der Waals surface area contributed by atoms with Gasteiger partial charge in [0.25, 0.3) is 0 Å². The van der Waals surface area contributed by atoms with E-state index >= 15 is 0 Å². The van der Waals surface area contributed by atoms with Crippen molar-refractivity contribution < 1.29 is 19.0 Å². The molecule has 6 nitrogen and oxygen atoms in total. The Balaban J connectivity index is 2.37. The number of ether oxygens (including phenoxy) is 3. The number of hydrogen-bond acceptors (Lipinski definition) is 6. The molecule has 6 heteroatoms. The second kappa shape index (κ2) is 9.14. The zero-order valence-electron chi connectivity index (χ0n) is 12.3. The van der Waals surface area contributed by atoms with Crippen LogP contribution in [0.1, 0.15) is 25.5 Å². The second-order valence-electron chi connectivity index (χ2n) is 4.08. The Hall–Kier alpha value is -1.82. The van der Waals surface area contributed by atoms with E-state index in [0.717, 1.165) is 12.1 Å². The average Bonchev–Trinajstić information content (AvgIpc) is 2.46. The number of carbonyl (C=O) groups is 1. The molecule has 0 fully saturated rings. The number of esters is 1. The monoisotopic (exact) mass is 282 g/mol. The molecule has 0 amide bonds. The zero-order chi connectivity index (χ0) is 14.8. The van der Waals surface area contributed by atoms with Crippen molar-refractivity contribution in [1.82, 2.24) is 10.3 Å². The standard InChI is InChI=1S/C14H22N2O4/c1-4-20-13(17)6-5-8-15-10-11-14(19-3)12(18-2)7-9-16-11/h7,9,15H,4-6,8,10H2,1-3H3. The van der Waals surface area contributed by atoms with E-state index in [-0.39, 0.29) is 5.97 Å². The average molecular weight is 282 g/mol. The fourth-order valence-electron chi connectivity index (χ4n) is 1.77. The fourth-order valence-corrected chi connectivity index (χ4v) is 1.77. The third-order valence-corrected chi connectivity index (χ3v) is 2.70. The molecule has 0 spiro atoms. The van der Waals surface area contributed by atoms with Gasteiger partial charge in [-0.2, -0.15) is 0 Å². The Morgan fingerprint density at radius 3 is 2.80 bits per heavy atom. The molecule has 0 atom stereocenters. The molecule has 0 unspecified atom stereocenters. The van der Waals surface area contributed by atoms with Gasteiger partial charge in [-0.1, -0.05) is 0 Å². The molecule has 20 heavy (non-hydrogen) atoms. The topological polar surface area (TPSA) is 69.7 Å². The molecule has 0 aliphatic heterocycles. The van der Waals surface area contributed by atoms with Gasteiger partial charge in [0.1, 0.15) is 0 Å². The number of aromatic nitrogens is 1. The highest BCUT2D eigenvalue weighted by Gasteiger charge is 2.10. The maximum absolute atomic E-state index is 11.2. The van der Waals surface area contributed by atoms with Gasteiger partial charge in [-0.15, -0.1) is 0 Å². The van der Waals surface area contributed by atoms with E-state index < -0.39 is 0 Å². The van der Waals surface area contributed by atoms with E-state index in [0.29, 0.717) is 37.6 Å². The minimum absolute atomic E-state index is 0.161. The Morgan fingerprint density at radius 1 is 1.35 bits per heavy atom. The van der Waals surface area contributed by atoms with Crippen LogP contribution in [0.4, 0.5) is 0 Å². The highest BCUT2D eigenvalue weighted by atomic mass is 16.5. The summed E-state index contributed by atoms with van der Waals surface area (Å²) in [7, 11) is 3.18. The fraction of sp³-hybridized carbons (Fsp3) is 0.571. The van der Waals surface area contributed by atoms with Crippen molar-refractivity contribution >= 4 is 5.97 Å². The molecule has 0 aromatic carbocycles. The molecule has 1 N–H and O–H groups in total. The highest BCUT2D eigenvalue weighted by molar-refractivity contribution is 5.69. The molecule has 0 radical (unpaired) electrons. The molecule has 1 aromatic heterocycles. The number of hydrogen-bond donors (Lipinski definition) is 1. The summed E-state index contributed by atoms with van der Waals surface area (Å²) in [6.45, 7) is 3.50. The van der Waals surface area contributed by atoms with Gasteiger partial charge in [0.2, 0.25) is 0 Å². The van der Waals surface area contributed by atoms with Gasteiger partial charge in [-0.3, -0.25) is 9.78 Å². The van der Waals surface area contributed by atoms with E-state index in [1.54, 1.807) is 33.4 Å². The van der Waals surface area contributed by atoms with Crippen molar-refractivity contribution in [3.05, 3.63) is 18.0 Å². The molecule has 0 saturated heterocycles. The van der Waals surface area contributed by atoms with Crippen LogP contribution >= 0.6 is 0 Å². The van der Waals surface area contributed by atoms with Gasteiger partial charge in [-0.05, 0) is 19.9 Å². The van der Waals surface area contributed by atoms with Crippen LogP contribution in [0.2, 0.25) is 0 Å². The van der Waals surface area contributed by atoms with E-state index in [1.807, 2.05) is 0 Å². The minimum Gasteiger partial charge on any atom is -0.493 e. The summed E-state index contributed by atoms with van der Waals surface area (Å²) in [5.74, 6) is 1.13. The van der Waals surface area contributed by atoms with Crippen molar-refractivity contribution in [1.29, 1.82) is 0 Å². The minimum atomic E-state index is -0.161. The van der Waals surface area contributed by atoms with Gasteiger partial charge in [0.15, 0.2) is 11.5 Å². The maximum Gasteiger partial charge on any atom is 0.305 e. The van der Waals surface area contributed by atoms with Gasteiger partial charge in [-0.25, -0.2) is 0 Å². The largest absolute Gasteiger partial charge is 0.493 e. The van der Waals surface area contributed by atoms with Crippen LogP contribution in [0.5, 0.6) is 11.5 Å². The quantitative estimate of drug-likeness (QED) is 0.547. The van der Waals surface area contributed by atoms with Crippen molar-refractivity contribution in [2.24, 2.45) is 0 Å². The maximum atomic E-state index is 11.2. The Morgan fingerprint density at radius 2 is 2.15 bits per heavy atom. The van der Waals surface area contributed by atoms with Gasteiger partial charge < -0.3 is 19.5 Å². The lowest BCUT2D eigenvalue weighted by molar-refractivity contribution is -0.143. The molecule has 0 saturated carbocycles. The molecular formula is C14H22N2O4. The van der Waals surface area contributed by atoms with Crippen LogP contribution in [0.25, 0.3) is 0 Å². The van der Waals surface area contributed by atoms with Gasteiger partial charge >= 0.3 is 5.97 Å². The van der Waals surface area contributed by atoms with Gasteiger partial charge in [0, 0.05) is 25.2 Å². The summed E-state index contributed by atoms with van der Waals surface area (Å²) >= 11 is 0. The lowest BCUT2D eigenvalue weighted by Crippen LogP contribution is -2.17. The smallest absolute Gasteiger partial charge is 0.305 e. The lowest BCUT2D eigenvalue weighted by atomic mass is 10.2. The second-order valence-corrected chi connectivity index (χ2v) is 4.08. The molecule has 112 valence electrons. The van der Waals surface area contributed by atoms with E-state index in [9.17, 15) is 4.79 Å². The third kappa shape index (κ3) is 5.05. The Kier molecular flexibility index (Phi) is 7.42. The first-order chi connectivity index (χ1) is 9.72. The van der Waals surface area contributed by atoms with E-state index in [1.165, 1.54) is 0 Å². The summed E-state index contributed by atoms with van der Waals surface area (Å²) in [6.07, 6.45) is 2.83. The molecular weight excluding hydrogens is 260 g/mol. The lowest BCUT2D eigenvalue weighted by Gasteiger charge is -2.12. The number of methoxy groups -OCH3 is 2. The van der Waals surface area contributed by atoms with E-state index in [4.69, 9.17) is 14.2 Å². The van der Waals surface area contributed by atoms with Crippen LogP contribution in [-0.2, 0) is 16.1 Å². The predicted molar refractivity (Wildman–Crippen MR) is 74.9 cm³/mol. The summed E-state index contributed by atoms with van der Waals surface area (Å²) in [5, 5.41) is 3.22. The van der Waals surface area contributed by atoms with Crippen LogP contribution in [0.3, 0.4) is 0 Å². The first kappa shape index (κ1) is 16.2. The summed E-state index contributed by atoms with van der Waals surface area (Å²) < 4.78 is 15.4. The number of carbonyl (C=O) groups excluding carboxylic acids is 1. The van der Waals surface area contributed by atoms with Crippen molar-refractivity contribution in [3.63, 3.8) is 0 Å². The third-order valence-electron chi connectivity index (χ3n) is 2.70.